The Morgan fingerprint density at radius 3 is 1.18 bits per heavy atom. The summed E-state index contributed by atoms with van der Waals surface area (Å²) in [4.78, 5) is 49.0. The van der Waals surface area contributed by atoms with Gasteiger partial charge in [-0.25, -0.2) is 59.8 Å². The van der Waals surface area contributed by atoms with Crippen LogP contribution in [-0.2, 0) is 39.4 Å². The van der Waals surface area contributed by atoms with Crippen molar-refractivity contribution in [2.24, 2.45) is 0 Å². The van der Waals surface area contributed by atoms with Crippen LogP contribution in [0.25, 0.3) is 58.2 Å². The Kier molecular flexibility index (Phi) is 31.7. The molecule has 520 valence electrons. The van der Waals surface area contributed by atoms with E-state index in [1.165, 1.54) is 11.1 Å². The molecule has 0 amide bonds. The molecule has 1 aliphatic rings. The van der Waals surface area contributed by atoms with Gasteiger partial charge in [0.1, 0.15) is 11.6 Å². The maximum atomic E-state index is 6.20. The lowest BCUT2D eigenvalue weighted by molar-refractivity contribution is 0.174. The van der Waals surface area contributed by atoms with Crippen LogP contribution in [0.5, 0.6) is 17.2 Å². The SMILES string of the molecule is CCc1ccc(-c2ccc(-c3nc(C(Cl)(Cl)Cl)nc(C(Cl)(Cl)Cl)n3)cc2)cc1.CCc1ccc(/C=C/c2nc(C)nc(C(Cl)(Cl)Cl)n2)cc1.COc1ccccc1/C=C/c1nc(C(Cl)(Cl)Cl)nc(C(Cl)(Cl)Cl)n1.ClC(Cl)(Cl)c1nc(-c2ccc3c(c2)OCO3)nc(C(Cl)(Cl)Cl)n1.[3H]PP. The van der Waals surface area contributed by atoms with Crippen LogP contribution in [0.3, 0.4) is 0 Å². The highest BCUT2D eigenvalue weighted by atomic mass is 35.6. The number of benzene rings is 5. The monoisotopic (exact) mass is 1780 g/mol. The molecule has 4 aromatic heterocycles. The molecule has 0 saturated heterocycles. The number of halogens is 21. The van der Waals surface area contributed by atoms with E-state index >= 15 is 0 Å². The van der Waals surface area contributed by atoms with Gasteiger partial charge in [0.05, 0.1) is 8.39 Å². The highest BCUT2D eigenvalue weighted by Gasteiger charge is 2.37. The third-order valence-corrected chi connectivity index (χ3v) is 15.8. The van der Waals surface area contributed by atoms with Crippen molar-refractivity contribution < 1.29 is 14.2 Å². The second kappa shape index (κ2) is 37.3. The first-order valence-corrected chi connectivity index (χ1v) is 37.4. The van der Waals surface area contributed by atoms with Crippen molar-refractivity contribution in [2.45, 2.75) is 60.2 Å². The molecule has 0 N–H and O–H groups in total. The number of nitrogens with zero attached hydrogens (tertiary/aromatic N) is 12. The van der Waals surface area contributed by atoms with Crippen LogP contribution >= 0.6 is 261 Å². The van der Waals surface area contributed by atoms with E-state index in [9.17, 15) is 0 Å². The fraction of sp³-hybridized carbons (Fsp3) is 0.233. The molecule has 2 atom stereocenters. The van der Waals surface area contributed by atoms with Gasteiger partial charge in [-0.1, -0.05) is 355 Å². The summed E-state index contributed by atoms with van der Waals surface area (Å²) >= 11 is 123. The van der Waals surface area contributed by atoms with Gasteiger partial charge in [0.25, 0.3) is 0 Å². The largest absolute Gasteiger partial charge is 0.496 e. The lowest BCUT2D eigenvalue weighted by Gasteiger charge is -2.15. The number of methoxy groups -OCH3 is 1. The molecule has 0 radical (unpaired) electrons. The zero-order chi connectivity index (χ0) is 73.5. The third-order valence-electron chi connectivity index (χ3n) is 12.3. The topological polar surface area (TPSA) is 182 Å². The van der Waals surface area contributed by atoms with E-state index in [0.29, 0.717) is 40.0 Å². The highest BCUT2D eigenvalue weighted by molar-refractivity contribution is 7.92. The van der Waals surface area contributed by atoms with Crippen LogP contribution in [0, 0.1) is 6.92 Å². The Labute approximate surface area is 674 Å². The van der Waals surface area contributed by atoms with Gasteiger partial charge in [0.15, 0.2) is 75.6 Å². The summed E-state index contributed by atoms with van der Waals surface area (Å²) in [6.45, 7) is 6.11. The molecule has 0 aliphatic carbocycles. The molecule has 0 spiro atoms. The molecule has 15 nitrogen and oxygen atoms in total. The van der Waals surface area contributed by atoms with Gasteiger partial charge in [0.2, 0.25) is 33.3 Å². The van der Waals surface area contributed by atoms with Crippen molar-refractivity contribution in [3.05, 3.63) is 196 Å². The molecule has 0 fully saturated rings. The standard InChI is InChI=1S/C19H13Cl6N3.C15H14Cl3N3.C14H9Cl6N3O.C12H5Cl6N3O2.H4P2/c1-2-11-3-5-12(6-4-11)13-7-9-14(10-8-13)15-26-16(18(20,21)22)28-17(27-15)19(23,24)25;1-3-11-4-6-12(7-5-11)8-9-13-19-10(2)20-14(21-13)15(16,17)18;1-24-9-5-3-2-4-8(9)6-7-10-21-11(13(15,16)17)23-12(22-10)14(18,19)20;13-11(14,15)9-19-8(20-10(21-9)12(16,17)18)5-1-2-6-7(3-5)23-4-22-6;1-2/h3-10H,2H2,1H3;4-9H,3H2,1-2H3;2-7H,1H3;1-3H,4H2;1-2H2/b;9-8+;7-6+;;/i;;;;1T. The maximum absolute atomic E-state index is 6.20. The molecule has 5 heterocycles. The summed E-state index contributed by atoms with van der Waals surface area (Å²) in [5.41, 5.74) is 7.80. The first-order valence-electron chi connectivity index (χ1n) is 27.7. The number of fused-ring (bicyclic) bond motifs is 1. The van der Waals surface area contributed by atoms with Gasteiger partial charge in [-0.05, 0) is 90.1 Å². The van der Waals surface area contributed by atoms with Crippen molar-refractivity contribution in [3.8, 4) is 51.2 Å². The van der Waals surface area contributed by atoms with Crippen molar-refractivity contribution in [3.63, 3.8) is 0 Å². The number of aryl methyl sites for hydroxylation is 3. The number of hydrogen-bond acceptors (Lipinski definition) is 15. The van der Waals surface area contributed by atoms with E-state index in [2.05, 4.69) is 119 Å². The average Bonchev–Trinajstić information content (AvgIpc) is 1.60. The first kappa shape index (κ1) is 83.2. The summed E-state index contributed by atoms with van der Waals surface area (Å²) in [6.07, 6.45) is 8.99. The zero-order valence-corrected chi connectivity index (χ0v) is 68.0. The minimum Gasteiger partial charge on any atom is -0.496 e. The van der Waals surface area contributed by atoms with E-state index in [1.54, 1.807) is 50.5 Å². The number of rotatable bonds is 10. The van der Waals surface area contributed by atoms with E-state index < -0.39 is 26.5 Å². The third kappa shape index (κ3) is 26.2. The normalized spacial score (nSPS) is 12.8. The van der Waals surface area contributed by atoms with Crippen LogP contribution < -0.4 is 14.2 Å². The second-order valence-corrected chi connectivity index (χ2v) is 35.2. The number of alkyl halides is 21. The first-order chi connectivity index (χ1) is 46.1. The van der Waals surface area contributed by atoms with E-state index in [4.69, 9.17) is 259 Å². The summed E-state index contributed by atoms with van der Waals surface area (Å²) in [6, 6.07) is 36.7. The summed E-state index contributed by atoms with van der Waals surface area (Å²) < 4.78 is 9.00. The van der Waals surface area contributed by atoms with Crippen molar-refractivity contribution in [1.29, 1.82) is 1.28 Å². The van der Waals surface area contributed by atoms with Crippen molar-refractivity contribution in [1.82, 2.24) is 59.8 Å². The molecule has 0 bridgehead atoms. The van der Waals surface area contributed by atoms with Crippen LogP contribution in [0.1, 0.15) is 94.3 Å². The van der Waals surface area contributed by atoms with Crippen molar-refractivity contribution >= 4 is 286 Å². The molecule has 10 rings (SSSR count). The van der Waals surface area contributed by atoms with Crippen LogP contribution in [0.2, 0.25) is 0 Å². The summed E-state index contributed by atoms with van der Waals surface area (Å²) in [5, 5.41) is 0. The minimum atomic E-state index is -1.90. The minimum absolute atomic E-state index is 0.122. The Hall–Kier alpha value is -2.03. The Balaban J connectivity index is 0.000000206. The predicted molar refractivity (Wildman–Crippen MR) is 417 cm³/mol. The van der Waals surface area contributed by atoms with Crippen LogP contribution in [-0.4, -0.2) is 75.0 Å². The number of ether oxygens (including phenoxy) is 3. The molecule has 9 aromatic rings. The quantitative estimate of drug-likeness (QED) is 0.0930. The maximum Gasteiger partial charge on any atom is 0.250 e. The molecule has 38 heteroatoms. The molecular formula is C60H45Cl21N12O3P2. The molecule has 1 aliphatic heterocycles. The molecule has 2 unspecified atom stereocenters. The smallest absolute Gasteiger partial charge is 0.250 e. The van der Waals surface area contributed by atoms with Gasteiger partial charge in [-0.2, -0.15) is 0 Å². The van der Waals surface area contributed by atoms with E-state index in [1.807, 2.05) is 66.7 Å². The fourth-order valence-corrected chi connectivity index (χ4v) is 9.50. The Morgan fingerprint density at radius 2 is 0.755 bits per heavy atom. The molecule has 5 aromatic carbocycles. The summed E-state index contributed by atoms with van der Waals surface area (Å²) in [7, 11) is 4.09. The van der Waals surface area contributed by atoms with Gasteiger partial charge in [0, 0.05) is 16.7 Å². The van der Waals surface area contributed by atoms with Crippen LogP contribution in [0.4, 0.5) is 0 Å². The molecule has 0 saturated carbocycles. The molecule has 98 heavy (non-hydrogen) atoms. The average molecular weight is 1790 g/mol. The predicted octanol–water partition coefficient (Wildman–Crippen LogP) is 23.4. The second-order valence-electron chi connectivity index (χ2n) is 19.2. The molecular weight excluding hydrogens is 1740 g/mol. The number of para-hydroxylation sites is 1. The lowest BCUT2D eigenvalue weighted by atomic mass is 10.0. The van der Waals surface area contributed by atoms with Gasteiger partial charge >= 0.3 is 0 Å². The van der Waals surface area contributed by atoms with Crippen molar-refractivity contribution in [2.75, 3.05) is 13.9 Å². The Morgan fingerprint density at radius 1 is 0.408 bits per heavy atom. The van der Waals surface area contributed by atoms with Gasteiger partial charge < -0.3 is 14.2 Å². The van der Waals surface area contributed by atoms with Gasteiger partial charge in [-0.3, -0.25) is 0 Å². The number of aromatic nitrogens is 12. The van der Waals surface area contributed by atoms with Gasteiger partial charge in [-0.15, -0.1) is 17.8 Å². The van der Waals surface area contributed by atoms with E-state index in [0.717, 1.165) is 35.1 Å². The van der Waals surface area contributed by atoms with E-state index in [-0.39, 0.29) is 73.9 Å². The summed E-state index contributed by atoms with van der Waals surface area (Å²) in [5.74, 6) is 2.61. The lowest BCUT2D eigenvalue weighted by Crippen LogP contribution is -2.16. The van der Waals surface area contributed by atoms with Crippen LogP contribution in [0.15, 0.2) is 115 Å². The fourth-order valence-electron chi connectivity index (χ4n) is 7.73. The number of hydrogen-bond donors (Lipinski definition) is 0. The highest BCUT2D eigenvalue weighted by Crippen LogP contribution is 2.45. The zero-order valence-electron chi connectivity index (χ0n) is 51.0. The Bertz CT molecular complexity index is 4140.